The van der Waals surface area contributed by atoms with Crippen LogP contribution in [0.1, 0.15) is 60.0 Å². The lowest BCUT2D eigenvalue weighted by Gasteiger charge is -2.41. The van der Waals surface area contributed by atoms with Gasteiger partial charge in [-0.2, -0.15) is 13.5 Å². The van der Waals surface area contributed by atoms with E-state index in [1.807, 2.05) is 39.6 Å². The fourth-order valence-corrected chi connectivity index (χ4v) is 4.39. The molecule has 1 aliphatic carbocycles. The number of nitrogens with zero attached hydrogens (tertiary/aromatic N) is 4. The van der Waals surface area contributed by atoms with Gasteiger partial charge in [-0.15, -0.1) is 0 Å². The van der Waals surface area contributed by atoms with Gasteiger partial charge in [-0.05, 0) is 46.5 Å². The maximum absolute atomic E-state index is 13.4. The average molecular weight is 515 g/mol. The minimum Gasteiger partial charge on any atom is -0.490 e. The number of aryl methyl sites for hydroxylation is 1. The fourth-order valence-electron chi connectivity index (χ4n) is 4.39. The maximum Gasteiger partial charge on any atom is 0.249 e. The molecule has 0 radical (unpaired) electrons. The first-order valence-electron chi connectivity index (χ1n) is 10.8. The summed E-state index contributed by atoms with van der Waals surface area (Å²) in [5.74, 6) is -2.30. The van der Waals surface area contributed by atoms with Crippen LogP contribution >= 0.6 is 13.5 Å². The monoisotopic (exact) mass is 514 g/mol. The van der Waals surface area contributed by atoms with Crippen LogP contribution in [0.25, 0.3) is 0 Å². The number of anilines is 2. The summed E-state index contributed by atoms with van der Waals surface area (Å²) in [5, 5.41) is 0. The third-order valence-electron chi connectivity index (χ3n) is 6.28. The number of aromatic nitrogens is 2. The van der Waals surface area contributed by atoms with Crippen LogP contribution in [-0.2, 0) is 11.2 Å². The number of rotatable bonds is 5. The maximum atomic E-state index is 13.4. The average Bonchev–Trinajstić information content (AvgIpc) is 2.69. The lowest BCUT2D eigenvalue weighted by Crippen LogP contribution is -2.53. The van der Waals surface area contributed by atoms with E-state index in [9.17, 15) is 18.0 Å². The molecule has 0 N–H and O–H groups in total. The lowest BCUT2D eigenvalue weighted by molar-refractivity contribution is -0.120. The Morgan fingerprint density at radius 3 is 2.23 bits per heavy atom. The first-order valence-corrected chi connectivity index (χ1v) is 10.8. The fraction of sp³-hybridized carbons (Fsp3) is 0.560. The van der Waals surface area contributed by atoms with Crippen LogP contribution in [0, 0.1) is 30.3 Å². The quantitative estimate of drug-likeness (QED) is 0.489. The third kappa shape index (κ3) is 5.68. The van der Waals surface area contributed by atoms with Crippen LogP contribution in [0.15, 0.2) is 12.1 Å². The normalized spacial score (nSPS) is 20.8. The number of hydrogen-bond donors (Lipinski definition) is 0. The van der Waals surface area contributed by atoms with Crippen LogP contribution in [0.3, 0.4) is 0 Å². The predicted octanol–water partition coefficient (Wildman–Crippen LogP) is 5.57. The molecule has 6 nitrogen and oxygen atoms in total. The van der Waals surface area contributed by atoms with Gasteiger partial charge in [0, 0.05) is 31.6 Å². The number of ether oxygens (including phenoxy) is 1. The molecular formula is C25H37F3N4O2S. The molecular weight excluding hydrogens is 477 g/mol. The molecule has 1 saturated carbocycles. The van der Waals surface area contributed by atoms with Crippen LogP contribution in [0.5, 0.6) is 5.75 Å². The largest absolute Gasteiger partial charge is 0.490 e. The van der Waals surface area contributed by atoms with Crippen molar-refractivity contribution in [3.05, 3.63) is 41.1 Å². The number of carbonyl (C=O) groups is 1. The molecule has 2 aliphatic rings. The minimum absolute atomic E-state index is 0. The van der Waals surface area contributed by atoms with Gasteiger partial charge in [0.05, 0.1) is 11.8 Å². The number of benzene rings is 1. The van der Waals surface area contributed by atoms with Crippen LogP contribution in [0.2, 0.25) is 0 Å². The van der Waals surface area contributed by atoms with Gasteiger partial charge in [-0.25, -0.2) is 23.1 Å². The summed E-state index contributed by atoms with van der Waals surface area (Å²) in [6, 6.07) is 1.40. The summed E-state index contributed by atoms with van der Waals surface area (Å²) in [6.07, 6.45) is 1.81. The molecule has 10 heteroatoms. The Kier molecular flexibility index (Phi) is 10.0. The number of carbonyl (C=O) groups excluding carboxylic acids is 1. The van der Waals surface area contributed by atoms with Crippen molar-refractivity contribution in [3.63, 3.8) is 0 Å². The molecule has 1 amide bonds. The van der Waals surface area contributed by atoms with Gasteiger partial charge in [0.15, 0.2) is 23.3 Å². The molecule has 2 heterocycles. The van der Waals surface area contributed by atoms with Crippen molar-refractivity contribution >= 4 is 30.9 Å². The summed E-state index contributed by atoms with van der Waals surface area (Å²) >= 11 is 0. The van der Waals surface area contributed by atoms with Gasteiger partial charge in [-0.1, -0.05) is 14.9 Å². The van der Waals surface area contributed by atoms with Gasteiger partial charge >= 0.3 is 0 Å². The SMILES string of the molecule is C.C.Cc1nc(CC2CC(Oc3cc(F)c(F)c(F)c3)C2)nc2c1N(C(C)C)C(=O)[C@H](C)N2C.S. The van der Waals surface area contributed by atoms with Gasteiger partial charge < -0.3 is 14.5 Å². The van der Waals surface area contributed by atoms with E-state index >= 15 is 0 Å². The van der Waals surface area contributed by atoms with Gasteiger partial charge in [-0.3, -0.25) is 4.79 Å². The van der Waals surface area contributed by atoms with Gasteiger partial charge in [0.2, 0.25) is 5.91 Å². The van der Waals surface area contributed by atoms with E-state index in [1.165, 1.54) is 0 Å². The first kappa shape index (κ1) is 30.5. The minimum atomic E-state index is -1.50. The van der Waals surface area contributed by atoms with E-state index in [-0.39, 0.29) is 64.1 Å². The zero-order valence-electron chi connectivity index (χ0n) is 19.3. The molecule has 0 unspecified atom stereocenters. The summed E-state index contributed by atoms with van der Waals surface area (Å²) in [4.78, 5) is 25.9. The number of halogens is 3. The molecule has 1 atom stereocenters. The van der Waals surface area contributed by atoms with Crippen molar-refractivity contribution in [3.8, 4) is 5.75 Å². The molecule has 1 aliphatic heterocycles. The van der Waals surface area contributed by atoms with Gasteiger partial charge in [0.1, 0.15) is 23.3 Å². The predicted molar refractivity (Wildman–Crippen MR) is 138 cm³/mol. The highest BCUT2D eigenvalue weighted by atomic mass is 32.1. The number of likely N-dealkylation sites (N-methyl/N-ethyl adjacent to an activating group) is 1. The van der Waals surface area contributed by atoms with Crippen molar-refractivity contribution in [1.29, 1.82) is 0 Å². The van der Waals surface area contributed by atoms with E-state index in [0.717, 1.165) is 29.3 Å². The van der Waals surface area contributed by atoms with E-state index in [2.05, 4.69) is 4.98 Å². The molecule has 196 valence electrons. The van der Waals surface area contributed by atoms with Crippen LogP contribution in [0.4, 0.5) is 24.7 Å². The van der Waals surface area contributed by atoms with Crippen molar-refractivity contribution in [2.75, 3.05) is 16.8 Å². The molecule has 2 aromatic rings. The van der Waals surface area contributed by atoms with E-state index < -0.39 is 17.5 Å². The van der Waals surface area contributed by atoms with Crippen LogP contribution < -0.4 is 14.5 Å². The second-order valence-corrected chi connectivity index (χ2v) is 8.97. The lowest BCUT2D eigenvalue weighted by atomic mass is 9.80. The Bertz CT molecular complexity index is 1040. The van der Waals surface area contributed by atoms with Crippen molar-refractivity contribution in [2.24, 2.45) is 5.92 Å². The molecule has 4 rings (SSSR count). The molecule has 0 saturated heterocycles. The van der Waals surface area contributed by atoms with Gasteiger partial charge in [0.25, 0.3) is 0 Å². The molecule has 0 bridgehead atoms. The zero-order valence-corrected chi connectivity index (χ0v) is 20.3. The topological polar surface area (TPSA) is 58.6 Å². The molecule has 1 fully saturated rings. The molecule has 1 aromatic carbocycles. The van der Waals surface area contributed by atoms with E-state index in [1.54, 1.807) is 4.90 Å². The molecule has 0 spiro atoms. The highest BCUT2D eigenvalue weighted by Crippen LogP contribution is 2.39. The van der Waals surface area contributed by atoms with E-state index in [4.69, 9.17) is 9.72 Å². The molecule has 35 heavy (non-hydrogen) atoms. The highest BCUT2D eigenvalue weighted by Gasteiger charge is 2.38. The summed E-state index contributed by atoms with van der Waals surface area (Å²) in [5.41, 5.74) is 1.51. The van der Waals surface area contributed by atoms with Crippen molar-refractivity contribution in [2.45, 2.75) is 80.0 Å². The second-order valence-electron chi connectivity index (χ2n) is 8.97. The van der Waals surface area contributed by atoms with E-state index in [0.29, 0.717) is 25.1 Å². The third-order valence-corrected chi connectivity index (χ3v) is 6.28. The number of hydrogen-bond acceptors (Lipinski definition) is 5. The van der Waals surface area contributed by atoms with Crippen molar-refractivity contribution in [1.82, 2.24) is 9.97 Å². The van der Waals surface area contributed by atoms with Crippen LogP contribution in [-0.4, -0.2) is 41.1 Å². The smallest absolute Gasteiger partial charge is 0.249 e. The Morgan fingerprint density at radius 2 is 1.69 bits per heavy atom. The number of fused-ring (bicyclic) bond motifs is 1. The molecule has 1 aromatic heterocycles. The highest BCUT2D eigenvalue weighted by molar-refractivity contribution is 7.59. The number of amides is 1. The first-order chi connectivity index (χ1) is 15.1. The zero-order chi connectivity index (χ0) is 23.3. The Balaban J connectivity index is 0.00000204. The Hall–Kier alpha value is -2.49. The Labute approximate surface area is 213 Å². The summed E-state index contributed by atoms with van der Waals surface area (Å²) in [7, 11) is 1.86. The summed E-state index contributed by atoms with van der Waals surface area (Å²) in [6.45, 7) is 7.70. The van der Waals surface area contributed by atoms with Crippen molar-refractivity contribution < 1.29 is 22.7 Å². The standard InChI is InChI=1S/C23H27F3N4O2.2CH4.H2S/c1-11(2)30-21-12(3)27-19(28-22(21)29(5)13(4)23(30)31)8-14-6-15(7-14)32-16-9-17(24)20(26)18(25)10-16;;;/h9-11,13-15H,6-8H2,1-5H3;2*1H4;1H2/t13-,14?,15?;;;/m0.../s1. The Morgan fingerprint density at radius 1 is 1.11 bits per heavy atom. The summed E-state index contributed by atoms with van der Waals surface area (Å²) < 4.78 is 45.4. The second kappa shape index (κ2) is 11.5.